The fourth-order valence-corrected chi connectivity index (χ4v) is 1.87. The second kappa shape index (κ2) is 5.53. The van der Waals surface area contributed by atoms with Crippen LogP contribution in [0.3, 0.4) is 0 Å². The molecule has 0 amide bonds. The van der Waals surface area contributed by atoms with Crippen molar-refractivity contribution in [2.45, 2.75) is 12.4 Å². The van der Waals surface area contributed by atoms with Gasteiger partial charge in [-0.15, -0.1) is 13.2 Å². The fourth-order valence-electron chi connectivity index (χ4n) is 1.87. The van der Waals surface area contributed by atoms with E-state index < -0.39 is 12.4 Å². The maximum absolute atomic E-state index is 12.1. The molecule has 0 aliphatic rings. The minimum Gasteiger partial charge on any atom is -0.508 e. The third kappa shape index (κ3) is 4.03. The normalized spacial score (nSPS) is 13.0. The molecule has 0 spiro atoms. The summed E-state index contributed by atoms with van der Waals surface area (Å²) in [7, 11) is 0. The molecule has 0 unspecified atom stereocenters. The highest BCUT2D eigenvalue weighted by Crippen LogP contribution is 2.29. The van der Waals surface area contributed by atoms with Crippen molar-refractivity contribution < 1.29 is 28.1 Å². The highest BCUT2D eigenvalue weighted by molar-refractivity contribution is 5.42. The Balaban J connectivity index is 2.21. The number of aromatic hydroxyl groups is 2. The number of phenolic OH excluding ortho intramolecular Hbond substituents is 2. The lowest BCUT2D eigenvalue weighted by atomic mass is 9.99. The van der Waals surface area contributed by atoms with Gasteiger partial charge in [0.15, 0.2) is 0 Å². The largest absolute Gasteiger partial charge is 0.573 e. The van der Waals surface area contributed by atoms with Gasteiger partial charge >= 0.3 is 6.36 Å². The first-order valence-electron chi connectivity index (χ1n) is 5.89. The van der Waals surface area contributed by atoms with Crippen LogP contribution in [0.4, 0.5) is 13.2 Å². The summed E-state index contributed by atoms with van der Waals surface area (Å²) in [6.07, 6.45) is -4.75. The lowest BCUT2D eigenvalue weighted by Gasteiger charge is -2.14. The summed E-state index contributed by atoms with van der Waals surface area (Å²) in [4.78, 5) is 0. The Labute approximate surface area is 118 Å². The number of halogens is 3. The molecule has 0 bridgehead atoms. The number of hydrogen-bond acceptors (Lipinski definition) is 4. The van der Waals surface area contributed by atoms with Gasteiger partial charge in [0.1, 0.15) is 17.2 Å². The van der Waals surface area contributed by atoms with E-state index in [9.17, 15) is 23.4 Å². The predicted molar refractivity (Wildman–Crippen MR) is 68.9 cm³/mol. The van der Waals surface area contributed by atoms with Gasteiger partial charge in [-0.3, -0.25) is 0 Å². The van der Waals surface area contributed by atoms with Crippen molar-refractivity contribution in [2.24, 2.45) is 5.73 Å². The van der Waals surface area contributed by atoms with E-state index in [2.05, 4.69) is 4.74 Å². The van der Waals surface area contributed by atoms with Crippen LogP contribution in [0.15, 0.2) is 42.5 Å². The Morgan fingerprint density at radius 1 is 0.905 bits per heavy atom. The molecular formula is C14H12F3NO3. The molecule has 1 atom stereocenters. The molecule has 2 rings (SSSR count). The summed E-state index contributed by atoms with van der Waals surface area (Å²) < 4.78 is 39.9. The van der Waals surface area contributed by atoms with Crippen LogP contribution in [0.1, 0.15) is 17.2 Å². The first-order chi connectivity index (χ1) is 9.74. The highest BCUT2D eigenvalue weighted by atomic mass is 19.4. The molecule has 0 aliphatic carbocycles. The molecule has 112 valence electrons. The van der Waals surface area contributed by atoms with Crippen molar-refractivity contribution >= 4 is 0 Å². The smallest absolute Gasteiger partial charge is 0.508 e. The summed E-state index contributed by atoms with van der Waals surface area (Å²) in [6, 6.07) is 8.23. The van der Waals surface area contributed by atoms with Crippen LogP contribution >= 0.6 is 0 Å². The molecule has 4 nitrogen and oxygen atoms in total. The monoisotopic (exact) mass is 299 g/mol. The van der Waals surface area contributed by atoms with E-state index in [0.717, 1.165) is 18.2 Å². The van der Waals surface area contributed by atoms with Gasteiger partial charge in [0.05, 0.1) is 6.04 Å². The van der Waals surface area contributed by atoms with Crippen LogP contribution < -0.4 is 10.5 Å². The lowest BCUT2D eigenvalue weighted by Crippen LogP contribution is -2.17. The summed E-state index contributed by atoms with van der Waals surface area (Å²) >= 11 is 0. The third-order valence-corrected chi connectivity index (χ3v) is 2.76. The molecule has 2 aromatic rings. The zero-order valence-electron chi connectivity index (χ0n) is 10.6. The highest BCUT2D eigenvalue weighted by Gasteiger charge is 2.31. The quantitative estimate of drug-likeness (QED) is 0.814. The van der Waals surface area contributed by atoms with Gasteiger partial charge in [-0.2, -0.15) is 0 Å². The molecule has 0 fully saturated rings. The zero-order chi connectivity index (χ0) is 15.6. The van der Waals surface area contributed by atoms with Crippen molar-refractivity contribution in [3.05, 3.63) is 53.6 Å². The molecule has 4 N–H and O–H groups in total. The van der Waals surface area contributed by atoms with E-state index in [1.54, 1.807) is 0 Å². The van der Waals surface area contributed by atoms with Crippen LogP contribution in [0, 0.1) is 0 Å². The molecule has 0 aliphatic heterocycles. The minimum absolute atomic E-state index is 0.155. The van der Waals surface area contributed by atoms with Crippen molar-refractivity contribution in [1.29, 1.82) is 0 Å². The molecular weight excluding hydrogens is 287 g/mol. The van der Waals surface area contributed by atoms with Crippen LogP contribution in [-0.2, 0) is 0 Å². The molecule has 0 aromatic heterocycles. The summed E-state index contributed by atoms with van der Waals surface area (Å²) in [5.74, 6) is -0.660. The molecule has 0 saturated heterocycles. The van der Waals surface area contributed by atoms with Crippen LogP contribution in [0.2, 0.25) is 0 Å². The standard InChI is InChI=1S/C14H12F3NO3/c15-14(16,17)21-12-3-1-8(2-4-12)13(18)9-5-10(19)7-11(20)6-9/h1-7,13,19-20H,18H2/t13-/m1/s1. The zero-order valence-corrected chi connectivity index (χ0v) is 10.6. The van der Waals surface area contributed by atoms with Crippen LogP contribution in [0.5, 0.6) is 17.2 Å². The number of hydrogen-bond donors (Lipinski definition) is 3. The van der Waals surface area contributed by atoms with E-state index in [1.165, 1.54) is 24.3 Å². The summed E-state index contributed by atoms with van der Waals surface area (Å²) in [6.45, 7) is 0. The topological polar surface area (TPSA) is 75.7 Å². The number of alkyl halides is 3. The van der Waals surface area contributed by atoms with Crippen molar-refractivity contribution in [3.8, 4) is 17.2 Å². The second-order valence-electron chi connectivity index (χ2n) is 4.38. The number of rotatable bonds is 3. The molecule has 21 heavy (non-hydrogen) atoms. The Hall–Kier alpha value is -2.41. The first-order valence-corrected chi connectivity index (χ1v) is 5.89. The number of phenols is 2. The maximum Gasteiger partial charge on any atom is 0.573 e. The SMILES string of the molecule is N[C@H](c1ccc(OC(F)(F)F)cc1)c1cc(O)cc(O)c1. The average molecular weight is 299 g/mol. The van der Waals surface area contributed by atoms with Crippen molar-refractivity contribution in [1.82, 2.24) is 0 Å². The fraction of sp³-hybridized carbons (Fsp3) is 0.143. The Kier molecular flexibility index (Phi) is 3.95. The molecule has 7 heteroatoms. The van der Waals surface area contributed by atoms with E-state index in [0.29, 0.717) is 11.1 Å². The summed E-state index contributed by atoms with van der Waals surface area (Å²) in [5.41, 5.74) is 6.88. The third-order valence-electron chi connectivity index (χ3n) is 2.76. The van der Waals surface area contributed by atoms with Gasteiger partial charge in [0.2, 0.25) is 0 Å². The maximum atomic E-state index is 12.1. The Morgan fingerprint density at radius 2 is 1.43 bits per heavy atom. The Bertz CT molecular complexity index is 606. The number of benzene rings is 2. The average Bonchev–Trinajstić information content (AvgIpc) is 2.35. The molecule has 0 saturated carbocycles. The van der Waals surface area contributed by atoms with E-state index in [1.807, 2.05) is 0 Å². The van der Waals surface area contributed by atoms with Crippen molar-refractivity contribution in [3.63, 3.8) is 0 Å². The molecule has 2 aromatic carbocycles. The van der Waals surface area contributed by atoms with Gasteiger partial charge in [0.25, 0.3) is 0 Å². The Morgan fingerprint density at radius 3 is 1.90 bits per heavy atom. The van der Waals surface area contributed by atoms with Crippen molar-refractivity contribution in [2.75, 3.05) is 0 Å². The molecule has 0 heterocycles. The second-order valence-corrected chi connectivity index (χ2v) is 4.38. The first kappa shape index (κ1) is 15.0. The van der Waals surface area contributed by atoms with Crippen LogP contribution in [-0.4, -0.2) is 16.6 Å². The van der Waals surface area contributed by atoms with E-state index >= 15 is 0 Å². The summed E-state index contributed by atoms with van der Waals surface area (Å²) in [5, 5.41) is 18.8. The van der Waals surface area contributed by atoms with Gasteiger partial charge in [-0.25, -0.2) is 0 Å². The molecule has 0 radical (unpaired) electrons. The van der Waals surface area contributed by atoms with Gasteiger partial charge in [-0.1, -0.05) is 12.1 Å². The van der Waals surface area contributed by atoms with E-state index in [4.69, 9.17) is 5.73 Å². The van der Waals surface area contributed by atoms with Gasteiger partial charge in [0, 0.05) is 6.07 Å². The minimum atomic E-state index is -4.75. The number of ether oxygens (including phenoxy) is 1. The predicted octanol–water partition coefficient (Wildman–Crippen LogP) is 3.04. The van der Waals surface area contributed by atoms with Gasteiger partial charge < -0.3 is 20.7 Å². The number of nitrogens with two attached hydrogens (primary N) is 1. The lowest BCUT2D eigenvalue weighted by molar-refractivity contribution is -0.274. The van der Waals surface area contributed by atoms with Crippen LogP contribution in [0.25, 0.3) is 0 Å². The van der Waals surface area contributed by atoms with E-state index in [-0.39, 0.29) is 17.2 Å². The van der Waals surface area contributed by atoms with Gasteiger partial charge in [-0.05, 0) is 35.4 Å².